The molecule has 0 spiro atoms. The Morgan fingerprint density at radius 1 is 1.19 bits per heavy atom. The van der Waals surface area contributed by atoms with Crippen LogP contribution in [0.15, 0.2) is 42.6 Å². The van der Waals surface area contributed by atoms with E-state index in [2.05, 4.69) is 29.8 Å². The van der Waals surface area contributed by atoms with Crippen LogP contribution >= 0.6 is 0 Å². The number of hydrogen-bond acceptors (Lipinski definition) is 5. The lowest BCUT2D eigenvalue weighted by Gasteiger charge is -2.28. The summed E-state index contributed by atoms with van der Waals surface area (Å²) in [6.45, 7) is 9.57. The number of carbonyl (C=O) groups is 1. The van der Waals surface area contributed by atoms with Gasteiger partial charge in [0.1, 0.15) is 0 Å². The van der Waals surface area contributed by atoms with Gasteiger partial charge < -0.3 is 14.4 Å². The van der Waals surface area contributed by atoms with Crippen LogP contribution in [0.2, 0.25) is 0 Å². The van der Waals surface area contributed by atoms with Gasteiger partial charge in [0.25, 0.3) is 0 Å². The topological polar surface area (TPSA) is 54.9 Å². The lowest BCUT2D eigenvalue weighted by Crippen LogP contribution is -2.39. The lowest BCUT2D eigenvalue weighted by molar-refractivity contribution is -0.136. The van der Waals surface area contributed by atoms with Gasteiger partial charge in [-0.25, -0.2) is 0 Å². The van der Waals surface area contributed by atoms with Crippen molar-refractivity contribution in [2.24, 2.45) is 11.8 Å². The number of ether oxygens (including phenoxy) is 2. The normalized spacial score (nSPS) is 18.7. The van der Waals surface area contributed by atoms with Crippen LogP contribution in [-0.4, -0.2) is 53.5 Å². The minimum atomic E-state index is 0.0443. The minimum Gasteiger partial charge on any atom is -0.490 e. The molecule has 1 amide bonds. The Morgan fingerprint density at radius 2 is 2.03 bits per heavy atom. The molecule has 3 heterocycles. The molecule has 1 aromatic carbocycles. The molecule has 1 fully saturated rings. The van der Waals surface area contributed by atoms with Gasteiger partial charge in [-0.05, 0) is 48.7 Å². The molecular formula is C25H33N3O3. The molecule has 0 N–H and O–H groups in total. The third kappa shape index (κ3) is 5.76. The highest BCUT2D eigenvalue weighted by Gasteiger charge is 2.32. The number of aromatic nitrogens is 1. The van der Waals surface area contributed by atoms with Crippen LogP contribution < -0.4 is 9.47 Å². The van der Waals surface area contributed by atoms with Crippen molar-refractivity contribution in [2.45, 2.75) is 39.8 Å². The third-order valence-corrected chi connectivity index (χ3v) is 5.82. The maximum Gasteiger partial charge on any atom is 0.227 e. The highest BCUT2D eigenvalue weighted by molar-refractivity contribution is 5.79. The van der Waals surface area contributed by atoms with Gasteiger partial charge in [0.05, 0.1) is 24.8 Å². The summed E-state index contributed by atoms with van der Waals surface area (Å²) in [6, 6.07) is 12.0. The van der Waals surface area contributed by atoms with Crippen molar-refractivity contribution in [1.29, 1.82) is 0 Å². The van der Waals surface area contributed by atoms with Gasteiger partial charge in [-0.15, -0.1) is 0 Å². The average molecular weight is 424 g/mol. The average Bonchev–Trinajstić information content (AvgIpc) is 3.09. The number of rotatable bonds is 7. The first-order valence-corrected chi connectivity index (χ1v) is 11.4. The van der Waals surface area contributed by atoms with Crippen LogP contribution in [0.25, 0.3) is 0 Å². The van der Waals surface area contributed by atoms with Crippen LogP contribution in [-0.2, 0) is 17.9 Å². The van der Waals surface area contributed by atoms with Crippen molar-refractivity contribution in [3.63, 3.8) is 0 Å². The number of carbonyl (C=O) groups excluding carboxylic acids is 1. The summed E-state index contributed by atoms with van der Waals surface area (Å²) in [4.78, 5) is 22.2. The molecule has 4 rings (SSSR count). The van der Waals surface area contributed by atoms with Crippen molar-refractivity contribution in [3.05, 3.63) is 53.9 Å². The van der Waals surface area contributed by atoms with Crippen LogP contribution in [0.1, 0.15) is 37.9 Å². The smallest absolute Gasteiger partial charge is 0.227 e. The summed E-state index contributed by atoms with van der Waals surface area (Å²) < 4.78 is 11.6. The van der Waals surface area contributed by atoms with E-state index in [1.807, 2.05) is 41.4 Å². The standard InChI is InChI=1S/C25H33N3O3/c1-19(2)15-28(16-20-7-8-23-24(14-20)31-13-5-12-30-23)25(29)21-9-11-27(17-21)18-22-6-3-4-10-26-22/h3-4,6-8,10,14,19,21H,5,9,11-13,15-18H2,1-2H3/t21-/m1/s1. The van der Waals surface area contributed by atoms with Gasteiger partial charge in [-0.3, -0.25) is 14.7 Å². The molecule has 0 bridgehead atoms. The highest BCUT2D eigenvalue weighted by atomic mass is 16.5. The lowest BCUT2D eigenvalue weighted by atomic mass is 10.0. The summed E-state index contributed by atoms with van der Waals surface area (Å²) in [7, 11) is 0. The minimum absolute atomic E-state index is 0.0443. The molecule has 31 heavy (non-hydrogen) atoms. The first-order valence-electron chi connectivity index (χ1n) is 11.4. The number of benzene rings is 1. The number of hydrogen-bond donors (Lipinski definition) is 0. The molecule has 6 heteroatoms. The van der Waals surface area contributed by atoms with E-state index in [1.165, 1.54) is 0 Å². The Kier molecular flexibility index (Phi) is 7.07. The summed E-state index contributed by atoms with van der Waals surface area (Å²) in [5, 5.41) is 0. The first-order chi connectivity index (χ1) is 15.1. The second kappa shape index (κ2) is 10.1. The van der Waals surface area contributed by atoms with Crippen molar-refractivity contribution < 1.29 is 14.3 Å². The molecule has 2 aliphatic rings. The van der Waals surface area contributed by atoms with Crippen LogP contribution in [0.5, 0.6) is 11.5 Å². The molecule has 2 aromatic rings. The number of amides is 1. The monoisotopic (exact) mass is 423 g/mol. The molecule has 1 aromatic heterocycles. The SMILES string of the molecule is CC(C)CN(Cc1ccc2c(c1)OCCCO2)C(=O)[C@@H]1CCN(Cc2ccccn2)C1. The predicted molar refractivity (Wildman–Crippen MR) is 120 cm³/mol. The Bertz CT molecular complexity index is 872. The molecule has 1 atom stereocenters. The summed E-state index contributed by atoms with van der Waals surface area (Å²) in [6.07, 6.45) is 3.62. The van der Waals surface area contributed by atoms with E-state index in [0.29, 0.717) is 25.7 Å². The van der Waals surface area contributed by atoms with Crippen molar-refractivity contribution in [1.82, 2.24) is 14.8 Å². The van der Waals surface area contributed by atoms with Gasteiger partial charge in [0, 0.05) is 38.8 Å². The van der Waals surface area contributed by atoms with Crippen LogP contribution in [0.3, 0.4) is 0 Å². The molecular weight excluding hydrogens is 390 g/mol. The van der Waals surface area contributed by atoms with Crippen molar-refractivity contribution in [2.75, 3.05) is 32.8 Å². The van der Waals surface area contributed by atoms with Gasteiger partial charge in [-0.2, -0.15) is 0 Å². The fourth-order valence-corrected chi connectivity index (χ4v) is 4.36. The summed E-state index contributed by atoms with van der Waals surface area (Å²) in [5.41, 5.74) is 2.14. The van der Waals surface area contributed by atoms with Gasteiger partial charge in [0.15, 0.2) is 11.5 Å². The fourth-order valence-electron chi connectivity index (χ4n) is 4.36. The van der Waals surface area contributed by atoms with Crippen molar-refractivity contribution >= 4 is 5.91 Å². The molecule has 2 aliphatic heterocycles. The maximum atomic E-state index is 13.5. The van der Waals surface area contributed by atoms with E-state index in [4.69, 9.17) is 9.47 Å². The molecule has 0 aliphatic carbocycles. The second-order valence-corrected chi connectivity index (χ2v) is 8.99. The molecule has 0 saturated carbocycles. The van der Waals surface area contributed by atoms with E-state index >= 15 is 0 Å². The van der Waals surface area contributed by atoms with E-state index in [1.54, 1.807) is 0 Å². The Morgan fingerprint density at radius 3 is 2.81 bits per heavy atom. The quantitative estimate of drug-likeness (QED) is 0.679. The predicted octanol–water partition coefficient (Wildman–Crippen LogP) is 3.75. The molecule has 0 unspecified atom stereocenters. The van der Waals surface area contributed by atoms with Crippen LogP contribution in [0.4, 0.5) is 0 Å². The van der Waals surface area contributed by atoms with Gasteiger partial charge >= 0.3 is 0 Å². The zero-order chi connectivity index (χ0) is 21.6. The largest absolute Gasteiger partial charge is 0.490 e. The molecule has 6 nitrogen and oxygen atoms in total. The molecule has 0 radical (unpaired) electrons. The van der Waals surface area contributed by atoms with Gasteiger partial charge in [-0.1, -0.05) is 26.0 Å². The van der Waals surface area contributed by atoms with Gasteiger partial charge in [0.2, 0.25) is 5.91 Å². The zero-order valence-electron chi connectivity index (χ0n) is 18.6. The Balaban J connectivity index is 1.41. The van der Waals surface area contributed by atoms with E-state index in [9.17, 15) is 4.79 Å². The fraction of sp³-hybridized carbons (Fsp3) is 0.520. The second-order valence-electron chi connectivity index (χ2n) is 8.99. The Hall–Kier alpha value is -2.60. The van der Waals surface area contributed by atoms with E-state index in [0.717, 1.165) is 61.8 Å². The zero-order valence-corrected chi connectivity index (χ0v) is 18.6. The number of pyridine rings is 1. The summed E-state index contributed by atoms with van der Waals surface area (Å²) >= 11 is 0. The van der Waals surface area contributed by atoms with Crippen LogP contribution in [0, 0.1) is 11.8 Å². The van der Waals surface area contributed by atoms with E-state index in [-0.39, 0.29) is 11.8 Å². The molecule has 166 valence electrons. The summed E-state index contributed by atoms with van der Waals surface area (Å²) in [5.74, 6) is 2.29. The number of likely N-dealkylation sites (tertiary alicyclic amines) is 1. The maximum absolute atomic E-state index is 13.5. The first kappa shape index (κ1) is 21.6. The molecule has 1 saturated heterocycles. The number of fused-ring (bicyclic) bond motifs is 1. The number of nitrogens with zero attached hydrogens (tertiary/aromatic N) is 3. The third-order valence-electron chi connectivity index (χ3n) is 5.82. The van der Waals surface area contributed by atoms with E-state index < -0.39 is 0 Å². The van der Waals surface area contributed by atoms with Crippen molar-refractivity contribution in [3.8, 4) is 11.5 Å². The Labute approximate surface area is 185 Å². The highest BCUT2D eigenvalue weighted by Crippen LogP contribution is 2.31.